The molecule has 0 fully saturated rings. The van der Waals surface area contributed by atoms with E-state index in [1.807, 2.05) is 29.0 Å². The quantitative estimate of drug-likeness (QED) is 0.450. The molecule has 0 atom stereocenters. The zero-order valence-electron chi connectivity index (χ0n) is 16.8. The predicted molar refractivity (Wildman–Crippen MR) is 113 cm³/mol. The molecule has 0 amide bonds. The number of anilines is 2. The van der Waals surface area contributed by atoms with Crippen LogP contribution in [0.1, 0.15) is 37.3 Å². The second-order valence-electron chi connectivity index (χ2n) is 6.96. The van der Waals surface area contributed by atoms with Crippen molar-refractivity contribution in [2.75, 3.05) is 24.7 Å². The van der Waals surface area contributed by atoms with Gasteiger partial charge in [0.05, 0.1) is 25.6 Å². The van der Waals surface area contributed by atoms with Gasteiger partial charge in [-0.3, -0.25) is 4.79 Å². The molecule has 8 heteroatoms. The zero-order chi connectivity index (χ0) is 20.8. The number of nitrogens with two attached hydrogens (primary N) is 1. The van der Waals surface area contributed by atoms with E-state index in [1.54, 1.807) is 13.2 Å². The van der Waals surface area contributed by atoms with Crippen molar-refractivity contribution in [2.45, 2.75) is 39.2 Å². The van der Waals surface area contributed by atoms with Gasteiger partial charge in [-0.1, -0.05) is 31.9 Å². The number of carboxylic acid groups (broad SMARTS) is 1. The Morgan fingerprint density at radius 3 is 2.83 bits per heavy atom. The number of nitrogen functional groups attached to an aromatic ring is 1. The number of fused-ring (bicyclic) bond motifs is 1. The summed E-state index contributed by atoms with van der Waals surface area (Å²) < 4.78 is 7.54. The summed E-state index contributed by atoms with van der Waals surface area (Å²) in [5.74, 6) is 0.739. The third-order valence-corrected chi connectivity index (χ3v) is 4.75. The average Bonchev–Trinajstić information content (AvgIpc) is 3.08. The standard InChI is InChI=1S/C21H27N5O3/c1-3-4-5-9-23-20-19-16(24-21(22)25-20)8-10-26(19)13-15-7-6-14(12-18(27)28)11-17(15)29-2/h6-8,10-11H,3-5,9,12-13H2,1-2H3,(H,27,28)(H3,22,23,24,25). The fourth-order valence-electron chi connectivity index (χ4n) is 3.35. The second-order valence-corrected chi connectivity index (χ2v) is 6.96. The summed E-state index contributed by atoms with van der Waals surface area (Å²) in [6.07, 6.45) is 5.26. The van der Waals surface area contributed by atoms with Gasteiger partial charge in [-0.15, -0.1) is 0 Å². The number of ether oxygens (including phenoxy) is 1. The topological polar surface area (TPSA) is 115 Å². The van der Waals surface area contributed by atoms with Gasteiger partial charge in [0.15, 0.2) is 5.82 Å². The minimum atomic E-state index is -0.871. The van der Waals surface area contributed by atoms with E-state index < -0.39 is 5.97 Å². The molecule has 0 aliphatic carbocycles. The molecule has 8 nitrogen and oxygen atoms in total. The lowest BCUT2D eigenvalue weighted by Crippen LogP contribution is -2.09. The van der Waals surface area contributed by atoms with E-state index in [0.29, 0.717) is 17.9 Å². The highest BCUT2D eigenvalue weighted by atomic mass is 16.5. The van der Waals surface area contributed by atoms with Gasteiger partial charge in [0.25, 0.3) is 0 Å². The maximum Gasteiger partial charge on any atom is 0.307 e. The summed E-state index contributed by atoms with van der Waals surface area (Å²) in [5.41, 5.74) is 9.17. The Morgan fingerprint density at radius 1 is 1.28 bits per heavy atom. The number of nitrogens with one attached hydrogen (secondary N) is 1. The smallest absolute Gasteiger partial charge is 0.307 e. The molecular formula is C21H27N5O3. The summed E-state index contributed by atoms with van der Waals surface area (Å²) in [5, 5.41) is 12.4. The molecule has 29 heavy (non-hydrogen) atoms. The molecule has 1 aromatic carbocycles. The molecule has 0 radical (unpaired) electrons. The highest BCUT2D eigenvalue weighted by molar-refractivity contribution is 5.87. The number of nitrogens with zero attached hydrogens (tertiary/aromatic N) is 3. The van der Waals surface area contributed by atoms with Gasteiger partial charge >= 0.3 is 5.97 Å². The fourth-order valence-corrected chi connectivity index (χ4v) is 3.35. The van der Waals surface area contributed by atoms with Crippen LogP contribution in [0.2, 0.25) is 0 Å². The first-order valence-electron chi connectivity index (χ1n) is 9.75. The molecule has 0 saturated carbocycles. The van der Waals surface area contributed by atoms with Gasteiger partial charge in [-0.2, -0.15) is 4.98 Å². The Kier molecular flexibility index (Phi) is 6.54. The zero-order valence-corrected chi connectivity index (χ0v) is 16.8. The number of hydrogen-bond acceptors (Lipinski definition) is 6. The van der Waals surface area contributed by atoms with Crippen LogP contribution in [0.25, 0.3) is 11.0 Å². The van der Waals surface area contributed by atoms with Crippen LogP contribution < -0.4 is 15.8 Å². The van der Waals surface area contributed by atoms with Gasteiger partial charge in [-0.05, 0) is 24.1 Å². The summed E-state index contributed by atoms with van der Waals surface area (Å²) in [6, 6.07) is 7.40. The minimum absolute atomic E-state index is 0.0396. The first-order chi connectivity index (χ1) is 14.0. The predicted octanol–water partition coefficient (Wildman–Crippen LogP) is 3.30. The minimum Gasteiger partial charge on any atom is -0.496 e. The Balaban J connectivity index is 1.91. The normalized spacial score (nSPS) is 11.0. The maximum atomic E-state index is 11.0. The van der Waals surface area contributed by atoms with Crippen molar-refractivity contribution < 1.29 is 14.6 Å². The molecular weight excluding hydrogens is 370 g/mol. The Hall–Kier alpha value is -3.29. The first kappa shape index (κ1) is 20.4. The lowest BCUT2D eigenvalue weighted by Gasteiger charge is -2.14. The second kappa shape index (κ2) is 9.27. The Labute approximate surface area is 169 Å². The van der Waals surface area contributed by atoms with Crippen LogP contribution in [0.3, 0.4) is 0 Å². The molecule has 4 N–H and O–H groups in total. The summed E-state index contributed by atoms with van der Waals surface area (Å²) in [6.45, 7) is 3.52. The number of methoxy groups -OCH3 is 1. The number of hydrogen-bond donors (Lipinski definition) is 3. The van der Waals surface area contributed by atoms with E-state index in [-0.39, 0.29) is 12.4 Å². The van der Waals surface area contributed by atoms with Crippen molar-refractivity contribution >= 4 is 28.8 Å². The molecule has 0 bridgehead atoms. The number of aromatic nitrogens is 3. The van der Waals surface area contributed by atoms with Gasteiger partial charge in [0.2, 0.25) is 5.95 Å². The van der Waals surface area contributed by atoms with Crippen molar-refractivity contribution in [1.82, 2.24) is 14.5 Å². The number of unbranched alkanes of at least 4 members (excludes halogenated alkanes) is 2. The largest absolute Gasteiger partial charge is 0.496 e. The molecule has 0 aliphatic rings. The van der Waals surface area contributed by atoms with Crippen LogP contribution in [0.15, 0.2) is 30.5 Å². The SMILES string of the molecule is CCCCCNc1nc(N)nc2ccn(Cc3ccc(CC(=O)O)cc3OC)c12. The van der Waals surface area contributed by atoms with Crippen LogP contribution in [0, 0.1) is 0 Å². The van der Waals surface area contributed by atoms with Crippen LogP contribution in [-0.2, 0) is 17.8 Å². The molecule has 3 rings (SSSR count). The van der Waals surface area contributed by atoms with Crippen molar-refractivity contribution in [3.05, 3.63) is 41.6 Å². The maximum absolute atomic E-state index is 11.0. The van der Waals surface area contributed by atoms with E-state index in [0.717, 1.165) is 48.2 Å². The Morgan fingerprint density at radius 2 is 2.10 bits per heavy atom. The Bertz CT molecular complexity index is 999. The van der Waals surface area contributed by atoms with Gasteiger partial charge < -0.3 is 25.5 Å². The van der Waals surface area contributed by atoms with Crippen molar-refractivity contribution in [3.8, 4) is 5.75 Å². The monoisotopic (exact) mass is 397 g/mol. The highest BCUT2D eigenvalue weighted by Crippen LogP contribution is 2.27. The van der Waals surface area contributed by atoms with Crippen molar-refractivity contribution in [1.29, 1.82) is 0 Å². The van der Waals surface area contributed by atoms with E-state index in [9.17, 15) is 4.79 Å². The van der Waals surface area contributed by atoms with Crippen LogP contribution in [0.4, 0.5) is 11.8 Å². The summed E-state index contributed by atoms with van der Waals surface area (Å²) in [4.78, 5) is 19.7. The number of carbonyl (C=O) groups is 1. The number of rotatable bonds is 10. The number of aliphatic carboxylic acids is 1. The van der Waals surface area contributed by atoms with E-state index in [1.165, 1.54) is 0 Å². The van der Waals surface area contributed by atoms with E-state index >= 15 is 0 Å². The van der Waals surface area contributed by atoms with Crippen molar-refractivity contribution in [3.63, 3.8) is 0 Å². The molecule has 0 saturated heterocycles. The third-order valence-electron chi connectivity index (χ3n) is 4.75. The van der Waals surface area contributed by atoms with Crippen molar-refractivity contribution in [2.24, 2.45) is 0 Å². The van der Waals surface area contributed by atoms with Gasteiger partial charge in [0, 0.05) is 18.3 Å². The van der Waals surface area contributed by atoms with Crippen LogP contribution >= 0.6 is 0 Å². The fraction of sp³-hybridized carbons (Fsp3) is 0.381. The van der Waals surface area contributed by atoms with Gasteiger partial charge in [-0.25, -0.2) is 4.98 Å². The molecule has 3 aromatic rings. The first-order valence-corrected chi connectivity index (χ1v) is 9.75. The third kappa shape index (κ3) is 4.96. The molecule has 2 aromatic heterocycles. The van der Waals surface area contributed by atoms with Gasteiger partial charge in [0.1, 0.15) is 11.3 Å². The molecule has 154 valence electrons. The van der Waals surface area contributed by atoms with E-state index in [2.05, 4.69) is 22.2 Å². The lowest BCUT2D eigenvalue weighted by atomic mass is 10.1. The lowest BCUT2D eigenvalue weighted by molar-refractivity contribution is -0.136. The van der Waals surface area contributed by atoms with Crippen LogP contribution in [-0.4, -0.2) is 39.3 Å². The number of benzene rings is 1. The molecule has 0 unspecified atom stereocenters. The number of carboxylic acids is 1. The highest BCUT2D eigenvalue weighted by Gasteiger charge is 2.14. The van der Waals surface area contributed by atoms with Crippen LogP contribution in [0.5, 0.6) is 5.75 Å². The summed E-state index contributed by atoms with van der Waals surface area (Å²) >= 11 is 0. The molecule has 0 aliphatic heterocycles. The summed E-state index contributed by atoms with van der Waals surface area (Å²) in [7, 11) is 1.58. The average molecular weight is 397 g/mol. The van der Waals surface area contributed by atoms with E-state index in [4.69, 9.17) is 15.6 Å². The molecule has 0 spiro atoms. The molecule has 2 heterocycles.